The number of rotatable bonds is 6. The van der Waals surface area contributed by atoms with Gasteiger partial charge in [0, 0.05) is 18.3 Å². The first-order valence-electron chi connectivity index (χ1n) is 5.58. The van der Waals surface area contributed by atoms with Gasteiger partial charge in [-0.2, -0.15) is 5.10 Å². The maximum absolute atomic E-state index is 11.8. The number of carbonyl (C=O) groups excluding carboxylic acids is 1. The molecule has 92 valence electrons. The molecule has 0 aromatic carbocycles. The van der Waals surface area contributed by atoms with E-state index in [1.54, 1.807) is 17.8 Å². The first kappa shape index (κ1) is 13.3. The van der Waals surface area contributed by atoms with Crippen LogP contribution in [0.2, 0.25) is 0 Å². The van der Waals surface area contributed by atoms with Crippen molar-refractivity contribution < 1.29 is 9.53 Å². The summed E-state index contributed by atoms with van der Waals surface area (Å²) in [5.41, 5.74) is 0.764. The molecule has 17 heavy (non-hydrogen) atoms. The summed E-state index contributed by atoms with van der Waals surface area (Å²) in [6.45, 7) is 5.15. The molecule has 0 bridgehead atoms. The van der Waals surface area contributed by atoms with Crippen LogP contribution in [0.5, 0.6) is 0 Å². The van der Waals surface area contributed by atoms with Crippen molar-refractivity contribution in [2.45, 2.75) is 26.4 Å². The molecule has 0 aliphatic heterocycles. The van der Waals surface area contributed by atoms with Crippen LogP contribution in [0, 0.1) is 12.3 Å². The van der Waals surface area contributed by atoms with Gasteiger partial charge in [-0.05, 0) is 13.8 Å². The van der Waals surface area contributed by atoms with Crippen LogP contribution in [0.4, 0.5) is 0 Å². The van der Waals surface area contributed by atoms with Crippen molar-refractivity contribution in [2.75, 3.05) is 13.2 Å². The van der Waals surface area contributed by atoms with E-state index in [0.29, 0.717) is 13.2 Å². The largest absolute Gasteiger partial charge is 0.465 e. The molecular weight excluding hydrogens is 218 g/mol. The highest BCUT2D eigenvalue weighted by Crippen LogP contribution is 2.13. The van der Waals surface area contributed by atoms with Crippen LogP contribution in [0.3, 0.4) is 0 Å². The summed E-state index contributed by atoms with van der Waals surface area (Å²) in [4.78, 5) is 11.8. The highest BCUT2D eigenvalue weighted by Gasteiger charge is 2.22. The first-order valence-corrected chi connectivity index (χ1v) is 5.58. The molecule has 1 rings (SSSR count). The SMILES string of the molecule is C#CCNC(C(=O)OCC)c1cnn(CC)c1. The molecule has 0 fully saturated rings. The molecule has 0 radical (unpaired) electrons. The third-order valence-electron chi connectivity index (χ3n) is 2.24. The molecule has 5 nitrogen and oxygen atoms in total. The minimum absolute atomic E-state index is 0.306. The third-order valence-corrected chi connectivity index (χ3v) is 2.24. The van der Waals surface area contributed by atoms with Gasteiger partial charge in [0.25, 0.3) is 0 Å². The van der Waals surface area contributed by atoms with Gasteiger partial charge >= 0.3 is 5.97 Å². The standard InChI is InChI=1S/C12H17N3O2/c1-4-7-13-11(12(16)17-6-3)10-8-14-15(5-2)9-10/h1,8-9,11,13H,5-7H2,2-3H3. The lowest BCUT2D eigenvalue weighted by molar-refractivity contribution is -0.145. The van der Waals surface area contributed by atoms with Gasteiger partial charge in [-0.15, -0.1) is 6.42 Å². The summed E-state index contributed by atoms with van der Waals surface area (Å²) in [5.74, 6) is 2.10. The van der Waals surface area contributed by atoms with Crippen LogP contribution in [-0.4, -0.2) is 28.9 Å². The van der Waals surface area contributed by atoms with Gasteiger partial charge in [0.1, 0.15) is 6.04 Å². The number of esters is 1. The molecule has 1 N–H and O–H groups in total. The molecule has 1 unspecified atom stereocenters. The minimum Gasteiger partial charge on any atom is -0.465 e. The van der Waals surface area contributed by atoms with Gasteiger partial charge in [0.2, 0.25) is 0 Å². The zero-order chi connectivity index (χ0) is 12.7. The van der Waals surface area contributed by atoms with Crippen molar-refractivity contribution in [3.63, 3.8) is 0 Å². The number of aryl methyl sites for hydroxylation is 1. The van der Waals surface area contributed by atoms with Crippen LogP contribution >= 0.6 is 0 Å². The second-order valence-electron chi connectivity index (χ2n) is 3.40. The summed E-state index contributed by atoms with van der Waals surface area (Å²) in [5, 5.41) is 7.07. The fourth-order valence-electron chi connectivity index (χ4n) is 1.43. The van der Waals surface area contributed by atoms with Gasteiger partial charge < -0.3 is 4.74 Å². The number of ether oxygens (including phenoxy) is 1. The van der Waals surface area contributed by atoms with E-state index in [-0.39, 0.29) is 5.97 Å². The summed E-state index contributed by atoms with van der Waals surface area (Å²) in [7, 11) is 0. The van der Waals surface area contributed by atoms with E-state index < -0.39 is 6.04 Å². The number of hydrogen-bond acceptors (Lipinski definition) is 4. The van der Waals surface area contributed by atoms with Crippen molar-refractivity contribution in [1.82, 2.24) is 15.1 Å². The van der Waals surface area contributed by atoms with E-state index >= 15 is 0 Å². The Hall–Kier alpha value is -1.80. The van der Waals surface area contributed by atoms with E-state index in [0.717, 1.165) is 12.1 Å². The summed E-state index contributed by atoms with van der Waals surface area (Å²) in [6, 6.07) is -0.550. The molecule has 1 aromatic heterocycles. The third kappa shape index (κ3) is 3.61. The predicted octanol–water partition coefficient (Wildman–Crippen LogP) is 0.730. The Labute approximate surface area is 101 Å². The second kappa shape index (κ2) is 6.71. The zero-order valence-corrected chi connectivity index (χ0v) is 10.1. The normalized spacial score (nSPS) is 11.8. The first-order chi connectivity index (χ1) is 8.22. The van der Waals surface area contributed by atoms with E-state index in [2.05, 4.69) is 16.3 Å². The van der Waals surface area contributed by atoms with E-state index in [9.17, 15) is 4.79 Å². The van der Waals surface area contributed by atoms with Gasteiger partial charge in [-0.25, -0.2) is 4.79 Å². The van der Waals surface area contributed by atoms with Gasteiger partial charge in [0.05, 0.1) is 19.3 Å². The smallest absolute Gasteiger partial charge is 0.327 e. The monoisotopic (exact) mass is 235 g/mol. The highest BCUT2D eigenvalue weighted by atomic mass is 16.5. The lowest BCUT2D eigenvalue weighted by Gasteiger charge is -2.14. The molecule has 0 saturated carbocycles. The van der Waals surface area contributed by atoms with Crippen LogP contribution in [0.15, 0.2) is 12.4 Å². The van der Waals surface area contributed by atoms with Crippen LogP contribution in [-0.2, 0) is 16.1 Å². The Kier molecular flexibility index (Phi) is 5.24. The number of hydrogen-bond donors (Lipinski definition) is 1. The zero-order valence-electron chi connectivity index (χ0n) is 10.1. The van der Waals surface area contributed by atoms with Gasteiger partial charge in [-0.3, -0.25) is 10.00 Å². The summed E-state index contributed by atoms with van der Waals surface area (Å²) in [6.07, 6.45) is 8.63. The maximum atomic E-state index is 11.8. The summed E-state index contributed by atoms with van der Waals surface area (Å²) < 4.78 is 6.74. The fourth-order valence-corrected chi connectivity index (χ4v) is 1.43. The lowest BCUT2D eigenvalue weighted by Crippen LogP contribution is -2.30. The highest BCUT2D eigenvalue weighted by molar-refractivity contribution is 5.77. The maximum Gasteiger partial charge on any atom is 0.327 e. The number of nitrogens with zero attached hydrogens (tertiary/aromatic N) is 2. The molecule has 0 saturated heterocycles. The number of terminal acetylenes is 1. The predicted molar refractivity (Wildman–Crippen MR) is 64.1 cm³/mol. The molecule has 0 spiro atoms. The number of aromatic nitrogens is 2. The van der Waals surface area contributed by atoms with Crippen LogP contribution in [0.25, 0.3) is 0 Å². The lowest BCUT2D eigenvalue weighted by atomic mass is 10.1. The quantitative estimate of drug-likeness (QED) is 0.583. The Morgan fingerprint density at radius 2 is 2.47 bits per heavy atom. The Balaban J connectivity index is 2.81. The molecule has 1 aromatic rings. The second-order valence-corrected chi connectivity index (χ2v) is 3.40. The van der Waals surface area contributed by atoms with Crippen LogP contribution in [0.1, 0.15) is 25.5 Å². The molecule has 1 atom stereocenters. The van der Waals surface area contributed by atoms with E-state index in [4.69, 9.17) is 11.2 Å². The molecule has 0 amide bonds. The molecule has 0 aliphatic rings. The van der Waals surface area contributed by atoms with Crippen molar-refractivity contribution in [3.05, 3.63) is 18.0 Å². The van der Waals surface area contributed by atoms with Gasteiger partial charge in [-0.1, -0.05) is 5.92 Å². The van der Waals surface area contributed by atoms with Crippen molar-refractivity contribution in [2.24, 2.45) is 0 Å². The molecule has 0 aliphatic carbocycles. The van der Waals surface area contributed by atoms with Crippen molar-refractivity contribution >= 4 is 5.97 Å². The van der Waals surface area contributed by atoms with E-state index in [1.165, 1.54) is 0 Å². The minimum atomic E-state index is -0.550. The molecular formula is C12H17N3O2. The number of carbonyl (C=O) groups is 1. The Bertz CT molecular complexity index is 406. The van der Waals surface area contributed by atoms with E-state index in [1.807, 2.05) is 13.1 Å². The summed E-state index contributed by atoms with van der Waals surface area (Å²) >= 11 is 0. The molecule has 1 heterocycles. The Morgan fingerprint density at radius 1 is 1.71 bits per heavy atom. The molecule has 5 heteroatoms. The van der Waals surface area contributed by atoms with Crippen molar-refractivity contribution in [1.29, 1.82) is 0 Å². The van der Waals surface area contributed by atoms with Gasteiger partial charge in [0.15, 0.2) is 0 Å². The number of nitrogens with one attached hydrogen (secondary N) is 1. The average molecular weight is 235 g/mol. The van der Waals surface area contributed by atoms with Crippen LogP contribution < -0.4 is 5.32 Å². The fraction of sp³-hybridized carbons (Fsp3) is 0.500. The Morgan fingerprint density at radius 3 is 3.00 bits per heavy atom. The van der Waals surface area contributed by atoms with Crippen molar-refractivity contribution in [3.8, 4) is 12.3 Å². The topological polar surface area (TPSA) is 56.1 Å². The average Bonchev–Trinajstić information content (AvgIpc) is 2.78.